The van der Waals surface area contributed by atoms with E-state index in [1.807, 2.05) is 0 Å². The lowest BCUT2D eigenvalue weighted by atomic mass is 9.93. The van der Waals surface area contributed by atoms with E-state index < -0.39 is 5.82 Å². The molecule has 0 aromatic heterocycles. The van der Waals surface area contributed by atoms with Gasteiger partial charge >= 0.3 is 0 Å². The summed E-state index contributed by atoms with van der Waals surface area (Å²) in [7, 11) is 0. The molecule has 0 saturated heterocycles. The maximum Gasteiger partial charge on any atom is 0.173 e. The lowest BCUT2D eigenvalue weighted by Crippen LogP contribution is -2.32. The average Bonchev–Trinajstić information content (AvgIpc) is 2.85. The number of halogens is 1. The summed E-state index contributed by atoms with van der Waals surface area (Å²) in [4.78, 5) is 0. The molecule has 0 heterocycles. The topological polar surface area (TPSA) is 70.6 Å². The van der Waals surface area contributed by atoms with E-state index in [1.165, 1.54) is 18.9 Å². The van der Waals surface area contributed by atoms with E-state index in [0.717, 1.165) is 12.3 Å². The van der Waals surface area contributed by atoms with Crippen LogP contribution in [0, 0.1) is 17.7 Å². The molecule has 1 fully saturated rings. The molecule has 0 radical (unpaired) electrons. The molecule has 1 saturated carbocycles. The third kappa shape index (κ3) is 3.35. The molecule has 116 valence electrons. The van der Waals surface area contributed by atoms with Gasteiger partial charge in [0.25, 0.3) is 0 Å². The van der Waals surface area contributed by atoms with Crippen LogP contribution in [0.25, 0.3) is 0 Å². The van der Waals surface area contributed by atoms with Gasteiger partial charge in [-0.25, -0.2) is 4.39 Å². The van der Waals surface area contributed by atoms with Crippen LogP contribution in [0.1, 0.15) is 44.2 Å². The van der Waals surface area contributed by atoms with Gasteiger partial charge in [-0.1, -0.05) is 37.6 Å². The van der Waals surface area contributed by atoms with Crippen LogP contribution in [0.15, 0.2) is 23.4 Å². The smallest absolute Gasteiger partial charge is 0.173 e. The Bertz CT molecular complexity index is 518. The van der Waals surface area contributed by atoms with Crippen molar-refractivity contribution in [1.82, 2.24) is 5.32 Å². The highest BCUT2D eigenvalue weighted by Gasteiger charge is 2.31. The molecule has 3 unspecified atom stereocenters. The summed E-state index contributed by atoms with van der Waals surface area (Å²) in [6, 6.07) is 5.40. The Morgan fingerprint density at radius 2 is 2.24 bits per heavy atom. The van der Waals surface area contributed by atoms with Gasteiger partial charge in [-0.15, -0.1) is 0 Å². The van der Waals surface area contributed by atoms with Gasteiger partial charge in [0.05, 0.1) is 5.56 Å². The molecule has 1 aliphatic rings. The first-order valence-corrected chi connectivity index (χ1v) is 7.57. The zero-order valence-corrected chi connectivity index (χ0v) is 12.6. The molecule has 1 aromatic rings. The minimum atomic E-state index is -0.419. The van der Waals surface area contributed by atoms with Gasteiger partial charge < -0.3 is 16.3 Å². The number of amidine groups is 1. The first-order chi connectivity index (χ1) is 10.1. The monoisotopic (exact) mass is 293 g/mol. The highest BCUT2D eigenvalue weighted by molar-refractivity contribution is 5.97. The average molecular weight is 293 g/mol. The van der Waals surface area contributed by atoms with Crippen LogP contribution in [-0.4, -0.2) is 17.1 Å². The number of rotatable bonds is 5. The van der Waals surface area contributed by atoms with Crippen molar-refractivity contribution >= 4 is 5.84 Å². The Morgan fingerprint density at radius 1 is 1.48 bits per heavy atom. The summed E-state index contributed by atoms with van der Waals surface area (Å²) in [5.74, 6) is 0.758. The summed E-state index contributed by atoms with van der Waals surface area (Å²) in [5, 5.41) is 15.0. The van der Waals surface area contributed by atoms with Gasteiger partial charge in [0.1, 0.15) is 5.82 Å². The second kappa shape index (κ2) is 6.89. The van der Waals surface area contributed by atoms with Gasteiger partial charge in [-0.05, 0) is 30.7 Å². The molecule has 0 spiro atoms. The van der Waals surface area contributed by atoms with Crippen molar-refractivity contribution in [3.05, 3.63) is 35.1 Å². The molecule has 4 N–H and O–H groups in total. The maximum atomic E-state index is 14.3. The lowest BCUT2D eigenvalue weighted by molar-refractivity contribution is 0.318. The lowest BCUT2D eigenvalue weighted by Gasteiger charge is -2.21. The standard InChI is InChI=1S/C16H24FN3O/c1-3-11-7-8-14(10(11)2)19-9-12-5-4-6-13(15(12)17)16(18)20-21/h4-6,10-11,14,19,21H,3,7-9H2,1-2H3,(H2,18,20). The molecule has 3 atom stereocenters. The predicted molar refractivity (Wildman–Crippen MR) is 81.7 cm³/mol. The van der Waals surface area contributed by atoms with Crippen molar-refractivity contribution in [3.63, 3.8) is 0 Å². The molecular weight excluding hydrogens is 269 g/mol. The van der Waals surface area contributed by atoms with Crippen molar-refractivity contribution in [1.29, 1.82) is 0 Å². The highest BCUT2D eigenvalue weighted by atomic mass is 19.1. The van der Waals surface area contributed by atoms with E-state index in [9.17, 15) is 4.39 Å². The van der Waals surface area contributed by atoms with Gasteiger partial charge in [-0.2, -0.15) is 0 Å². The fourth-order valence-corrected chi connectivity index (χ4v) is 3.32. The zero-order valence-electron chi connectivity index (χ0n) is 12.6. The summed E-state index contributed by atoms with van der Waals surface area (Å²) in [5.41, 5.74) is 6.17. The summed E-state index contributed by atoms with van der Waals surface area (Å²) in [6.07, 6.45) is 3.58. The van der Waals surface area contributed by atoms with Crippen LogP contribution >= 0.6 is 0 Å². The van der Waals surface area contributed by atoms with E-state index in [4.69, 9.17) is 10.9 Å². The quantitative estimate of drug-likeness (QED) is 0.338. The van der Waals surface area contributed by atoms with Crippen molar-refractivity contribution < 1.29 is 9.60 Å². The molecule has 0 aliphatic heterocycles. The van der Waals surface area contributed by atoms with Crippen LogP contribution in [0.3, 0.4) is 0 Å². The van der Waals surface area contributed by atoms with Gasteiger partial charge in [0, 0.05) is 18.2 Å². The van der Waals surface area contributed by atoms with Crippen LogP contribution < -0.4 is 11.1 Å². The summed E-state index contributed by atoms with van der Waals surface area (Å²) in [6.45, 7) is 4.95. The Kier molecular flexibility index (Phi) is 5.17. The number of oxime groups is 1. The third-order valence-corrected chi connectivity index (χ3v) is 4.77. The van der Waals surface area contributed by atoms with Crippen LogP contribution in [0.5, 0.6) is 0 Å². The van der Waals surface area contributed by atoms with Crippen molar-refractivity contribution in [2.75, 3.05) is 0 Å². The Hall–Kier alpha value is -1.62. The fraction of sp³-hybridized carbons (Fsp3) is 0.562. The Morgan fingerprint density at radius 3 is 2.86 bits per heavy atom. The van der Waals surface area contributed by atoms with Crippen LogP contribution in [0.2, 0.25) is 0 Å². The predicted octanol–water partition coefficient (Wildman–Crippen LogP) is 2.83. The van der Waals surface area contributed by atoms with Crippen molar-refractivity contribution in [3.8, 4) is 0 Å². The van der Waals surface area contributed by atoms with E-state index in [0.29, 0.717) is 24.1 Å². The second-order valence-electron chi connectivity index (χ2n) is 5.86. The van der Waals surface area contributed by atoms with Gasteiger partial charge in [0.15, 0.2) is 5.84 Å². The number of nitrogens with zero attached hydrogens (tertiary/aromatic N) is 1. The first kappa shape index (κ1) is 15.8. The SMILES string of the molecule is CCC1CCC(NCc2cccc(/C(N)=N/O)c2F)C1C. The molecule has 5 heteroatoms. The van der Waals surface area contributed by atoms with Crippen LogP contribution in [0.4, 0.5) is 4.39 Å². The van der Waals surface area contributed by atoms with E-state index >= 15 is 0 Å². The Labute approximate surface area is 125 Å². The number of nitrogens with two attached hydrogens (primary N) is 1. The van der Waals surface area contributed by atoms with Gasteiger partial charge in [-0.3, -0.25) is 0 Å². The fourth-order valence-electron chi connectivity index (χ4n) is 3.32. The largest absolute Gasteiger partial charge is 0.409 e. The number of benzene rings is 1. The van der Waals surface area contributed by atoms with Crippen LogP contribution in [-0.2, 0) is 6.54 Å². The third-order valence-electron chi connectivity index (χ3n) is 4.77. The summed E-state index contributed by atoms with van der Waals surface area (Å²) < 4.78 is 14.3. The first-order valence-electron chi connectivity index (χ1n) is 7.57. The van der Waals surface area contributed by atoms with E-state index in [2.05, 4.69) is 24.3 Å². The summed E-state index contributed by atoms with van der Waals surface area (Å²) >= 11 is 0. The molecule has 0 amide bonds. The second-order valence-corrected chi connectivity index (χ2v) is 5.86. The highest BCUT2D eigenvalue weighted by Crippen LogP contribution is 2.34. The minimum Gasteiger partial charge on any atom is -0.409 e. The number of hydrogen-bond acceptors (Lipinski definition) is 3. The normalized spacial score (nSPS) is 26.2. The molecule has 2 rings (SSSR count). The molecule has 1 aliphatic carbocycles. The molecule has 4 nitrogen and oxygen atoms in total. The molecule has 0 bridgehead atoms. The molecule has 21 heavy (non-hydrogen) atoms. The van der Waals surface area contributed by atoms with E-state index in [-0.39, 0.29) is 11.4 Å². The Balaban J connectivity index is 2.04. The maximum absolute atomic E-state index is 14.3. The molecular formula is C16H24FN3O. The molecule has 1 aromatic carbocycles. The minimum absolute atomic E-state index is 0.141. The van der Waals surface area contributed by atoms with Gasteiger partial charge in [0.2, 0.25) is 0 Å². The van der Waals surface area contributed by atoms with Crippen molar-refractivity contribution in [2.45, 2.75) is 45.7 Å². The number of hydrogen-bond donors (Lipinski definition) is 3. The zero-order chi connectivity index (χ0) is 15.4. The van der Waals surface area contributed by atoms with E-state index in [1.54, 1.807) is 12.1 Å². The number of nitrogens with one attached hydrogen (secondary N) is 1. The van der Waals surface area contributed by atoms with Crippen molar-refractivity contribution in [2.24, 2.45) is 22.7 Å².